The van der Waals surface area contributed by atoms with Gasteiger partial charge >= 0.3 is 307 Å². The molecule has 0 spiro atoms. The van der Waals surface area contributed by atoms with Gasteiger partial charge in [0.25, 0.3) is 0 Å². The number of hydrogen-bond acceptors (Lipinski definition) is 0. The Morgan fingerprint density at radius 3 is 1.64 bits per heavy atom. The van der Waals surface area contributed by atoms with E-state index in [2.05, 4.69) is 189 Å². The van der Waals surface area contributed by atoms with Gasteiger partial charge in [-0.25, -0.2) is 0 Å². The van der Waals surface area contributed by atoms with E-state index in [0.717, 1.165) is 0 Å². The third-order valence-electron chi connectivity index (χ3n) is 12.1. The van der Waals surface area contributed by atoms with Crippen LogP contribution in [0, 0.1) is 13.8 Å². The van der Waals surface area contributed by atoms with E-state index in [0.29, 0.717) is 7.25 Å². The summed E-state index contributed by atoms with van der Waals surface area (Å²) < 4.78 is 6.35. The zero-order valence-corrected chi connectivity index (χ0v) is 36.6. The molecule has 0 bridgehead atoms. The van der Waals surface area contributed by atoms with Crippen LogP contribution in [0.25, 0.3) is 61.5 Å². The zero-order chi connectivity index (χ0) is 35.1. The molecule has 264 valence electrons. The Hall–Kier alpha value is -3.78. The fourth-order valence-corrected chi connectivity index (χ4v) is 30.0. The molecule has 7 aromatic carbocycles. The van der Waals surface area contributed by atoms with Gasteiger partial charge in [-0.05, 0) is 0 Å². The van der Waals surface area contributed by atoms with Crippen molar-refractivity contribution in [2.24, 2.45) is 0 Å². The summed E-state index contributed by atoms with van der Waals surface area (Å²) in [7, 11) is 0. The van der Waals surface area contributed by atoms with Crippen molar-refractivity contribution >= 4 is 71.0 Å². The molecule has 9 rings (SSSR count). The summed E-state index contributed by atoms with van der Waals surface area (Å²) in [6, 6.07) is 52.5. The second-order valence-corrected chi connectivity index (χ2v) is 46.7. The second kappa shape index (κ2) is 13.8. The first-order chi connectivity index (χ1) is 24.6. The van der Waals surface area contributed by atoms with E-state index in [1.165, 1.54) is 88.3 Å². The number of benzene rings is 7. The van der Waals surface area contributed by atoms with E-state index >= 15 is 0 Å². The molecule has 7 aromatic rings. The van der Waals surface area contributed by atoms with E-state index < -0.39 is 17.4 Å². The Kier molecular flexibility index (Phi) is 9.78. The zero-order valence-electron chi connectivity index (χ0n) is 31.1. The Morgan fingerprint density at radius 1 is 0.491 bits per heavy atom. The molecule has 4 heteroatoms. The predicted molar refractivity (Wildman–Crippen MR) is 236 cm³/mol. The summed E-state index contributed by atoms with van der Waals surface area (Å²) in [5.74, 6) is 0. The van der Waals surface area contributed by atoms with Gasteiger partial charge in [0.05, 0.1) is 0 Å². The summed E-state index contributed by atoms with van der Waals surface area (Å²) in [5, 5.41) is 5.23. The van der Waals surface area contributed by atoms with Crippen molar-refractivity contribution < 1.29 is 17.4 Å². The molecule has 0 aliphatic heterocycles. The molecule has 0 radical (unpaired) electrons. The van der Waals surface area contributed by atoms with Gasteiger partial charge in [-0.15, -0.1) is 24.8 Å². The van der Waals surface area contributed by atoms with Gasteiger partial charge in [0.2, 0.25) is 0 Å². The van der Waals surface area contributed by atoms with Gasteiger partial charge in [-0.2, -0.15) is 0 Å². The van der Waals surface area contributed by atoms with Gasteiger partial charge in [0, 0.05) is 0 Å². The van der Waals surface area contributed by atoms with E-state index in [1.807, 2.05) is 0 Å². The van der Waals surface area contributed by atoms with Crippen molar-refractivity contribution in [1.29, 1.82) is 0 Å². The quantitative estimate of drug-likeness (QED) is 0.152. The molecule has 0 nitrogen and oxygen atoms in total. The van der Waals surface area contributed by atoms with Crippen molar-refractivity contribution in [2.75, 3.05) is 0 Å². The molecule has 2 aliphatic rings. The third kappa shape index (κ3) is 5.98. The Morgan fingerprint density at radius 2 is 1.02 bits per heavy atom. The molecule has 2 atom stereocenters. The van der Waals surface area contributed by atoms with Gasteiger partial charge in [-0.1, -0.05) is 0 Å². The molecule has 0 amide bonds. The van der Waals surface area contributed by atoms with Gasteiger partial charge in [0.15, 0.2) is 0 Å². The number of halogens is 2. The van der Waals surface area contributed by atoms with E-state index in [4.69, 9.17) is 0 Å². The van der Waals surface area contributed by atoms with Gasteiger partial charge in [-0.3, -0.25) is 0 Å². The molecule has 0 saturated heterocycles. The predicted octanol–water partition coefficient (Wildman–Crippen LogP) is 13.9. The van der Waals surface area contributed by atoms with Crippen LogP contribution in [0.5, 0.6) is 0 Å². The van der Waals surface area contributed by atoms with Crippen LogP contribution in [0.2, 0.25) is 9.26 Å². The first-order valence-electron chi connectivity index (χ1n) is 18.4. The van der Waals surface area contributed by atoms with Crippen LogP contribution in [-0.2, 0) is 17.4 Å². The van der Waals surface area contributed by atoms with Crippen molar-refractivity contribution in [1.82, 2.24) is 0 Å². The van der Waals surface area contributed by atoms with Gasteiger partial charge in [0.1, 0.15) is 0 Å². The number of allylic oxidation sites excluding steroid dienone is 2. The molecular weight excluding hydrogens is 779 g/mol. The Balaban J connectivity index is 0.00000218. The summed E-state index contributed by atoms with van der Waals surface area (Å²) in [6.07, 6.45) is 5.15. The molecule has 0 N–H and O–H groups in total. The molecule has 0 heterocycles. The van der Waals surface area contributed by atoms with Crippen LogP contribution >= 0.6 is 24.8 Å². The summed E-state index contributed by atoms with van der Waals surface area (Å²) in [6.45, 7) is 9.44. The first kappa shape index (κ1) is 37.5. The fraction of sp³-hybridized carbons (Fsp3) is 0.143. The van der Waals surface area contributed by atoms with Crippen LogP contribution in [0.3, 0.4) is 0 Å². The second-order valence-electron chi connectivity index (χ2n) is 16.3. The number of hydrogen-bond donors (Lipinski definition) is 0. The summed E-state index contributed by atoms with van der Waals surface area (Å²) in [4.78, 5) is 0. The van der Waals surface area contributed by atoms with E-state index in [1.54, 1.807) is 5.56 Å². The van der Waals surface area contributed by atoms with Crippen molar-refractivity contribution in [3.63, 3.8) is 0 Å². The van der Waals surface area contributed by atoms with E-state index in [9.17, 15) is 0 Å². The fourth-order valence-electron chi connectivity index (χ4n) is 10.0. The number of fused-ring (bicyclic) bond motifs is 4. The number of rotatable bonds is 5. The summed E-state index contributed by atoms with van der Waals surface area (Å²) >= 11 is -3.93. The Labute approximate surface area is 329 Å². The minimum Gasteiger partial charge on any atom is -0.147 e. The maximum atomic E-state index is 2.77. The molecule has 2 aliphatic carbocycles. The smallest absolute Gasteiger partial charge is 0.147 e. The maximum Gasteiger partial charge on any atom is -0.147 e. The average Bonchev–Trinajstić information content (AvgIpc) is 3.72. The minimum absolute atomic E-state index is 0. The summed E-state index contributed by atoms with van der Waals surface area (Å²) in [5.41, 5.74) is 18.4. The average molecular weight is 825 g/mol. The van der Waals surface area contributed by atoms with Crippen molar-refractivity contribution in [3.8, 4) is 22.3 Å². The molecule has 0 saturated carbocycles. The van der Waals surface area contributed by atoms with Crippen molar-refractivity contribution in [2.45, 2.75) is 37.3 Å². The minimum atomic E-state index is -3.93. The largest absolute Gasteiger partial charge is 0.147 e. The van der Waals surface area contributed by atoms with Crippen LogP contribution in [0.4, 0.5) is 0 Å². The maximum absolute atomic E-state index is 3.93. The standard InChI is InChI=1S/C26H19.C21H17.2CH3.2ClH.H2Si.Zr/c1-18-12-14-19(15-13-18)22-16-21-8-5-11-25(26(21)17-22)24-10-4-7-20-6-2-3-9-23(20)24;1-14-12-20-15(2)10-11-19(21(20)13-14)18-9-5-7-16-6-3-4-8-17(16)18;;;;;;/h2-17H,1H3;3-13H,1-2H3;2*1H3;2*1H;1H2;. The molecular formula is C49H46Cl2SiZr. The van der Waals surface area contributed by atoms with Crippen LogP contribution in [0.1, 0.15) is 53.1 Å². The topological polar surface area (TPSA) is 0 Å². The third-order valence-corrected chi connectivity index (χ3v) is 29.6. The Bertz CT molecular complexity index is 2700. The van der Waals surface area contributed by atoms with Crippen LogP contribution < -0.4 is 0 Å². The monoisotopic (exact) mass is 822 g/mol. The SMILES string of the molecule is CC1=Cc2c(-c3cccc4ccccc34)ccc(C)c2[CH]1[Zr]([CH3])([CH3])(=[SiH2])[CH]1C(c2ccc(C)cc2)=Cc2c(-c3cccc4ccccc34)cccc21.Cl.Cl. The molecule has 0 fully saturated rings. The normalized spacial score (nSPS) is 16.3. The van der Waals surface area contributed by atoms with Crippen LogP contribution in [-0.4, -0.2) is 6.88 Å². The first-order valence-corrected chi connectivity index (χ1v) is 32.0. The molecule has 2 unspecified atom stereocenters. The van der Waals surface area contributed by atoms with Gasteiger partial charge < -0.3 is 0 Å². The van der Waals surface area contributed by atoms with E-state index in [-0.39, 0.29) is 24.8 Å². The number of aryl methyl sites for hydroxylation is 2. The van der Waals surface area contributed by atoms with Crippen molar-refractivity contribution in [3.05, 3.63) is 184 Å². The van der Waals surface area contributed by atoms with Crippen LogP contribution in [0.15, 0.2) is 145 Å². The molecule has 0 aromatic heterocycles. The molecule has 53 heavy (non-hydrogen) atoms.